The number of ether oxygens (including phenoxy) is 1. The molecule has 0 amide bonds. The topological polar surface area (TPSA) is 39.4 Å². The van der Waals surface area contributed by atoms with Crippen LogP contribution in [0.4, 0.5) is 0 Å². The number of fused-ring (bicyclic) bond motifs is 1. The summed E-state index contributed by atoms with van der Waals surface area (Å²) >= 11 is 0. The molecular formula is C14H16O3. The first-order valence-corrected chi connectivity index (χ1v) is 5.84. The molecule has 3 nitrogen and oxygen atoms in total. The molecule has 0 fully saturated rings. The van der Waals surface area contributed by atoms with Gasteiger partial charge in [-0.15, -0.1) is 0 Å². The lowest BCUT2D eigenvalue weighted by Gasteiger charge is -2.08. The van der Waals surface area contributed by atoms with Gasteiger partial charge in [-0.3, -0.25) is 4.79 Å². The normalized spacial score (nSPS) is 12.8. The van der Waals surface area contributed by atoms with Crippen LogP contribution < -0.4 is 0 Å². The molecule has 0 saturated carbocycles. The monoisotopic (exact) mass is 232 g/mol. The van der Waals surface area contributed by atoms with E-state index in [1.807, 2.05) is 38.1 Å². The summed E-state index contributed by atoms with van der Waals surface area (Å²) in [6.07, 6.45) is 0.997. The summed E-state index contributed by atoms with van der Waals surface area (Å²) in [6.45, 7) is 4.05. The van der Waals surface area contributed by atoms with E-state index in [1.54, 1.807) is 6.07 Å². The van der Waals surface area contributed by atoms with Gasteiger partial charge in [-0.25, -0.2) is 0 Å². The molecule has 17 heavy (non-hydrogen) atoms. The first-order valence-electron chi connectivity index (χ1n) is 5.84. The van der Waals surface area contributed by atoms with E-state index in [1.165, 1.54) is 0 Å². The summed E-state index contributed by atoms with van der Waals surface area (Å²) in [7, 11) is 0. The average Bonchev–Trinajstić information content (AvgIpc) is 2.79. The van der Waals surface area contributed by atoms with Crippen molar-refractivity contribution in [2.75, 3.05) is 6.61 Å². The van der Waals surface area contributed by atoms with E-state index in [9.17, 15) is 4.79 Å². The van der Waals surface area contributed by atoms with Crippen LogP contribution in [0.25, 0.3) is 11.0 Å². The van der Waals surface area contributed by atoms with Crippen LogP contribution in [-0.4, -0.2) is 18.5 Å². The maximum absolute atomic E-state index is 11.8. The number of rotatable bonds is 5. The highest BCUT2D eigenvalue weighted by Gasteiger charge is 2.13. The second kappa shape index (κ2) is 5.15. The first-order chi connectivity index (χ1) is 8.20. The van der Waals surface area contributed by atoms with Crippen molar-refractivity contribution in [1.29, 1.82) is 0 Å². The molecule has 0 saturated heterocycles. The fourth-order valence-corrected chi connectivity index (χ4v) is 1.53. The molecule has 1 atom stereocenters. The Labute approximate surface area is 100 Å². The molecule has 0 radical (unpaired) electrons. The van der Waals surface area contributed by atoms with Gasteiger partial charge in [0.05, 0.1) is 6.10 Å². The number of benzene rings is 1. The van der Waals surface area contributed by atoms with Gasteiger partial charge in [0.2, 0.25) is 5.78 Å². The standard InChI is InChI=1S/C14H16O3/c1-3-10(2)16-9-12(15)14-8-11-6-4-5-7-13(11)17-14/h4-8,10H,3,9H2,1-2H3. The highest BCUT2D eigenvalue weighted by molar-refractivity contribution is 5.98. The van der Waals surface area contributed by atoms with Gasteiger partial charge in [-0.2, -0.15) is 0 Å². The number of ketones is 1. The quantitative estimate of drug-likeness (QED) is 0.741. The lowest BCUT2D eigenvalue weighted by molar-refractivity contribution is 0.0493. The SMILES string of the molecule is CCC(C)OCC(=O)c1cc2ccccc2o1. The summed E-state index contributed by atoms with van der Waals surface area (Å²) in [5, 5.41) is 0.944. The van der Waals surface area contributed by atoms with Gasteiger partial charge >= 0.3 is 0 Å². The number of Topliss-reactive ketones (excluding diaryl/α,β-unsaturated/α-hetero) is 1. The first kappa shape index (κ1) is 11.9. The van der Waals surface area contributed by atoms with E-state index < -0.39 is 0 Å². The highest BCUT2D eigenvalue weighted by atomic mass is 16.5. The third kappa shape index (κ3) is 2.74. The minimum atomic E-state index is -0.110. The Hall–Kier alpha value is -1.61. The fourth-order valence-electron chi connectivity index (χ4n) is 1.53. The van der Waals surface area contributed by atoms with Crippen molar-refractivity contribution < 1.29 is 13.9 Å². The van der Waals surface area contributed by atoms with Crippen molar-refractivity contribution in [3.05, 3.63) is 36.1 Å². The molecule has 0 N–H and O–H groups in total. The molecule has 3 heteroatoms. The van der Waals surface area contributed by atoms with E-state index in [2.05, 4.69) is 0 Å². The minimum absolute atomic E-state index is 0.0782. The number of carbonyl (C=O) groups is 1. The van der Waals surface area contributed by atoms with E-state index in [0.29, 0.717) is 5.76 Å². The minimum Gasteiger partial charge on any atom is -0.453 e. The molecule has 1 aromatic carbocycles. The lowest BCUT2D eigenvalue weighted by Crippen LogP contribution is -2.14. The van der Waals surface area contributed by atoms with Crippen LogP contribution in [0, 0.1) is 0 Å². The molecule has 0 bridgehead atoms. The predicted octanol–water partition coefficient (Wildman–Crippen LogP) is 3.43. The Morgan fingerprint density at radius 2 is 2.18 bits per heavy atom. The van der Waals surface area contributed by atoms with Crippen molar-refractivity contribution in [3.8, 4) is 0 Å². The second-order valence-electron chi connectivity index (χ2n) is 4.10. The Bertz CT molecular complexity index is 480. The second-order valence-corrected chi connectivity index (χ2v) is 4.10. The summed E-state index contributed by atoms with van der Waals surface area (Å²) < 4.78 is 10.9. The third-order valence-corrected chi connectivity index (χ3v) is 2.77. The van der Waals surface area contributed by atoms with E-state index in [4.69, 9.17) is 9.15 Å². The third-order valence-electron chi connectivity index (χ3n) is 2.77. The van der Waals surface area contributed by atoms with Crippen LogP contribution in [-0.2, 0) is 4.74 Å². The molecule has 1 unspecified atom stereocenters. The smallest absolute Gasteiger partial charge is 0.223 e. The molecule has 0 aliphatic carbocycles. The van der Waals surface area contributed by atoms with Crippen molar-refractivity contribution in [1.82, 2.24) is 0 Å². The molecule has 0 aliphatic rings. The van der Waals surface area contributed by atoms with Gasteiger partial charge in [0.25, 0.3) is 0 Å². The van der Waals surface area contributed by atoms with Gasteiger partial charge in [-0.05, 0) is 25.5 Å². The zero-order valence-corrected chi connectivity index (χ0v) is 10.1. The highest BCUT2D eigenvalue weighted by Crippen LogP contribution is 2.19. The van der Waals surface area contributed by atoms with Crippen LogP contribution in [0.2, 0.25) is 0 Å². The van der Waals surface area contributed by atoms with Crippen LogP contribution in [0.1, 0.15) is 30.8 Å². The fraction of sp³-hybridized carbons (Fsp3) is 0.357. The van der Waals surface area contributed by atoms with Gasteiger partial charge in [0.15, 0.2) is 5.76 Å². The van der Waals surface area contributed by atoms with Crippen molar-refractivity contribution in [2.24, 2.45) is 0 Å². The van der Waals surface area contributed by atoms with Crippen LogP contribution in [0.15, 0.2) is 34.7 Å². The van der Waals surface area contributed by atoms with Gasteiger partial charge < -0.3 is 9.15 Å². The molecular weight excluding hydrogens is 216 g/mol. The van der Waals surface area contributed by atoms with Gasteiger partial charge in [-0.1, -0.05) is 25.1 Å². The summed E-state index contributed by atoms with van der Waals surface area (Å²) in [5.41, 5.74) is 0.736. The molecule has 0 spiro atoms. The van der Waals surface area contributed by atoms with Crippen LogP contribution in [0.5, 0.6) is 0 Å². The largest absolute Gasteiger partial charge is 0.453 e. The summed E-state index contributed by atoms with van der Waals surface area (Å²) in [5.74, 6) is 0.260. The zero-order valence-electron chi connectivity index (χ0n) is 10.1. The number of para-hydroxylation sites is 1. The van der Waals surface area contributed by atoms with Crippen molar-refractivity contribution >= 4 is 16.8 Å². The molecule has 2 rings (SSSR count). The Morgan fingerprint density at radius 3 is 2.88 bits per heavy atom. The molecule has 2 aromatic rings. The van der Waals surface area contributed by atoms with Crippen LogP contribution in [0.3, 0.4) is 0 Å². The zero-order chi connectivity index (χ0) is 12.3. The molecule has 1 aromatic heterocycles. The Balaban J connectivity index is 2.08. The molecule has 0 aliphatic heterocycles. The number of carbonyl (C=O) groups excluding carboxylic acids is 1. The van der Waals surface area contributed by atoms with Gasteiger partial charge in [0.1, 0.15) is 12.2 Å². The van der Waals surface area contributed by atoms with E-state index in [-0.39, 0.29) is 18.5 Å². The van der Waals surface area contributed by atoms with E-state index in [0.717, 1.165) is 17.4 Å². The van der Waals surface area contributed by atoms with Gasteiger partial charge in [0, 0.05) is 5.39 Å². The van der Waals surface area contributed by atoms with Crippen LogP contribution >= 0.6 is 0 Å². The Kier molecular flexibility index (Phi) is 3.59. The maximum Gasteiger partial charge on any atom is 0.223 e. The number of hydrogen-bond donors (Lipinski definition) is 0. The summed E-state index contributed by atoms with van der Waals surface area (Å²) in [6, 6.07) is 9.34. The van der Waals surface area contributed by atoms with Crippen molar-refractivity contribution in [2.45, 2.75) is 26.4 Å². The average molecular weight is 232 g/mol. The van der Waals surface area contributed by atoms with E-state index >= 15 is 0 Å². The summed E-state index contributed by atoms with van der Waals surface area (Å²) in [4.78, 5) is 11.8. The maximum atomic E-state index is 11.8. The number of furan rings is 1. The van der Waals surface area contributed by atoms with Crippen molar-refractivity contribution in [3.63, 3.8) is 0 Å². The molecule has 90 valence electrons. The number of hydrogen-bond acceptors (Lipinski definition) is 3. The lowest BCUT2D eigenvalue weighted by atomic mass is 10.2. The molecule has 1 heterocycles. The Morgan fingerprint density at radius 1 is 1.41 bits per heavy atom. The predicted molar refractivity (Wildman–Crippen MR) is 66.2 cm³/mol.